The molecule has 9 heteroatoms. The zero-order valence-electron chi connectivity index (χ0n) is 15.7. The second-order valence-electron chi connectivity index (χ2n) is 7.20. The first kappa shape index (κ1) is 21.0. The summed E-state index contributed by atoms with van der Waals surface area (Å²) in [6.45, 7) is -0.772. The molecule has 1 aliphatic rings. The summed E-state index contributed by atoms with van der Waals surface area (Å²) in [7, 11) is 0. The van der Waals surface area contributed by atoms with Crippen molar-refractivity contribution in [2.45, 2.75) is 25.0 Å². The molecule has 0 radical (unpaired) electrons. The van der Waals surface area contributed by atoms with E-state index < -0.39 is 29.8 Å². The first-order valence-electron chi connectivity index (χ1n) is 9.39. The van der Waals surface area contributed by atoms with Gasteiger partial charge in [0.15, 0.2) is 5.75 Å². The molecule has 0 spiro atoms. The van der Waals surface area contributed by atoms with Gasteiger partial charge in [-0.05, 0) is 65.8 Å². The molecule has 0 aliphatic heterocycles. The maximum Gasteiger partial charge on any atom is 0.233 e. The van der Waals surface area contributed by atoms with Crippen LogP contribution in [-0.2, 0) is 0 Å². The highest BCUT2D eigenvalue weighted by molar-refractivity contribution is 14.1. The number of hydrogen-bond acceptors (Lipinski definition) is 5. The molecular formula is C21H19F2IN2O4. The van der Waals surface area contributed by atoms with Gasteiger partial charge in [0.2, 0.25) is 5.43 Å². The van der Waals surface area contributed by atoms with Crippen molar-refractivity contribution >= 4 is 44.9 Å². The van der Waals surface area contributed by atoms with Gasteiger partial charge in [0, 0.05) is 9.61 Å². The molecule has 0 amide bonds. The van der Waals surface area contributed by atoms with E-state index in [1.807, 2.05) is 22.6 Å². The largest absolute Gasteiger partial charge is 0.485 e. The zero-order valence-corrected chi connectivity index (χ0v) is 17.9. The molecule has 1 fully saturated rings. The quantitative estimate of drug-likeness (QED) is 0.408. The van der Waals surface area contributed by atoms with Crippen LogP contribution in [0, 0.1) is 15.2 Å². The van der Waals surface area contributed by atoms with Gasteiger partial charge in [0.1, 0.15) is 24.3 Å². The van der Waals surface area contributed by atoms with Gasteiger partial charge < -0.3 is 24.8 Å². The minimum Gasteiger partial charge on any atom is -0.485 e. The summed E-state index contributed by atoms with van der Waals surface area (Å²) in [5.41, 5.74) is 0.103. The summed E-state index contributed by atoms with van der Waals surface area (Å²) < 4.78 is 36.7. The Labute approximate surface area is 184 Å². The van der Waals surface area contributed by atoms with E-state index in [1.54, 1.807) is 10.6 Å². The number of aliphatic hydroxyl groups is 2. The summed E-state index contributed by atoms with van der Waals surface area (Å²) in [5.74, 6) is -1.12. The second-order valence-corrected chi connectivity index (χ2v) is 8.45. The van der Waals surface area contributed by atoms with Crippen molar-refractivity contribution in [1.29, 1.82) is 0 Å². The van der Waals surface area contributed by atoms with Crippen LogP contribution in [0.5, 0.6) is 5.75 Å². The average molecular weight is 528 g/mol. The van der Waals surface area contributed by atoms with Gasteiger partial charge in [-0.2, -0.15) is 0 Å². The summed E-state index contributed by atoms with van der Waals surface area (Å²) in [4.78, 5) is 13.1. The van der Waals surface area contributed by atoms with Crippen LogP contribution >= 0.6 is 22.6 Å². The minimum atomic E-state index is -1.14. The van der Waals surface area contributed by atoms with E-state index in [0.29, 0.717) is 9.09 Å². The predicted molar refractivity (Wildman–Crippen MR) is 117 cm³/mol. The summed E-state index contributed by atoms with van der Waals surface area (Å²) in [5, 5.41) is 21.6. The maximum absolute atomic E-state index is 14.4. The predicted octanol–water partition coefficient (Wildman–Crippen LogP) is 3.69. The fourth-order valence-electron chi connectivity index (χ4n) is 3.24. The van der Waals surface area contributed by atoms with Crippen molar-refractivity contribution in [3.63, 3.8) is 0 Å². The van der Waals surface area contributed by atoms with Gasteiger partial charge in [0.25, 0.3) is 0 Å². The summed E-state index contributed by atoms with van der Waals surface area (Å²) >= 11 is 1.98. The number of aromatic nitrogens is 1. The lowest BCUT2D eigenvalue weighted by Crippen LogP contribution is -2.24. The van der Waals surface area contributed by atoms with Crippen LogP contribution in [0.1, 0.15) is 18.9 Å². The molecule has 1 atom stereocenters. The van der Waals surface area contributed by atoms with Gasteiger partial charge >= 0.3 is 0 Å². The number of hydrogen-bond donors (Lipinski definition) is 3. The zero-order chi connectivity index (χ0) is 21.4. The van der Waals surface area contributed by atoms with Gasteiger partial charge in [-0.25, -0.2) is 8.78 Å². The number of pyridine rings is 1. The molecule has 158 valence electrons. The Morgan fingerprint density at radius 3 is 2.67 bits per heavy atom. The van der Waals surface area contributed by atoms with E-state index in [1.165, 1.54) is 24.4 Å². The SMILES string of the molecule is O=c1c(OCC(O)CO)cn(C2CC2)c2cc(F)cc(Nc3ccc(I)cc3F)c12. The standard InChI is InChI=1S/C21H19F2IN2O4/c22-11-5-17(25-16-4-1-12(24)7-15(16)23)20-18(6-11)26(13-2-3-13)8-19(21(20)29)30-10-14(28)9-27/h1,4-8,13-14,25,27-28H,2-3,9-10H2. The molecular weight excluding hydrogens is 509 g/mol. The lowest BCUT2D eigenvalue weighted by atomic mass is 10.1. The number of ether oxygens (including phenoxy) is 1. The number of nitrogens with one attached hydrogen (secondary N) is 1. The van der Waals surface area contributed by atoms with E-state index >= 15 is 0 Å². The first-order valence-corrected chi connectivity index (χ1v) is 10.5. The van der Waals surface area contributed by atoms with Crippen LogP contribution in [0.25, 0.3) is 10.9 Å². The van der Waals surface area contributed by atoms with Crippen LogP contribution < -0.4 is 15.5 Å². The molecule has 2 aromatic carbocycles. The van der Waals surface area contributed by atoms with Crippen LogP contribution in [0.3, 0.4) is 0 Å². The molecule has 1 saturated carbocycles. The Morgan fingerprint density at radius 1 is 1.23 bits per heavy atom. The average Bonchev–Trinajstić information content (AvgIpc) is 3.54. The van der Waals surface area contributed by atoms with Gasteiger partial charge in [0.05, 0.1) is 35.1 Å². The van der Waals surface area contributed by atoms with E-state index in [0.717, 1.165) is 18.9 Å². The topological polar surface area (TPSA) is 83.7 Å². The lowest BCUT2D eigenvalue weighted by molar-refractivity contribution is 0.0531. The third-order valence-electron chi connectivity index (χ3n) is 4.85. The number of halogens is 3. The minimum absolute atomic E-state index is 0.0281. The molecule has 3 aromatic rings. The monoisotopic (exact) mass is 528 g/mol. The second kappa shape index (κ2) is 8.48. The van der Waals surface area contributed by atoms with E-state index in [2.05, 4.69) is 5.32 Å². The van der Waals surface area contributed by atoms with Crippen LogP contribution in [-0.4, -0.2) is 34.1 Å². The molecule has 0 saturated heterocycles. The van der Waals surface area contributed by atoms with Crippen molar-refractivity contribution in [3.05, 3.63) is 62.0 Å². The normalized spacial score (nSPS) is 14.7. The Balaban J connectivity index is 1.87. The molecule has 1 aliphatic carbocycles. The highest BCUT2D eigenvalue weighted by atomic mass is 127. The fourth-order valence-corrected chi connectivity index (χ4v) is 3.70. The third-order valence-corrected chi connectivity index (χ3v) is 5.52. The molecule has 4 rings (SSSR count). The molecule has 1 heterocycles. The van der Waals surface area contributed by atoms with E-state index in [-0.39, 0.29) is 35.2 Å². The van der Waals surface area contributed by atoms with Gasteiger partial charge in [-0.3, -0.25) is 4.79 Å². The molecule has 1 aromatic heterocycles. The van der Waals surface area contributed by atoms with E-state index in [9.17, 15) is 18.7 Å². The maximum atomic E-state index is 14.4. The third kappa shape index (κ3) is 4.28. The van der Waals surface area contributed by atoms with Crippen molar-refractivity contribution < 1.29 is 23.7 Å². The Kier molecular flexibility index (Phi) is 5.94. The van der Waals surface area contributed by atoms with Crippen LogP contribution in [0.2, 0.25) is 0 Å². The summed E-state index contributed by atoms with van der Waals surface area (Å²) in [6, 6.07) is 7.06. The van der Waals surface area contributed by atoms with Crippen molar-refractivity contribution in [1.82, 2.24) is 4.57 Å². The van der Waals surface area contributed by atoms with Gasteiger partial charge in [-0.1, -0.05) is 0 Å². The molecule has 3 N–H and O–H groups in total. The number of fused-ring (bicyclic) bond motifs is 1. The fraction of sp³-hybridized carbons (Fsp3) is 0.286. The van der Waals surface area contributed by atoms with Crippen LogP contribution in [0.4, 0.5) is 20.2 Å². The number of anilines is 2. The highest BCUT2D eigenvalue weighted by Crippen LogP contribution is 2.39. The summed E-state index contributed by atoms with van der Waals surface area (Å²) in [6.07, 6.45) is 2.12. The highest BCUT2D eigenvalue weighted by Gasteiger charge is 2.27. The smallest absolute Gasteiger partial charge is 0.233 e. The number of benzene rings is 2. The number of aliphatic hydroxyl groups excluding tert-OH is 2. The van der Waals surface area contributed by atoms with Crippen LogP contribution in [0.15, 0.2) is 41.3 Å². The van der Waals surface area contributed by atoms with Gasteiger partial charge in [-0.15, -0.1) is 0 Å². The molecule has 30 heavy (non-hydrogen) atoms. The number of nitrogens with zero attached hydrogens (tertiary/aromatic N) is 1. The first-order chi connectivity index (χ1) is 14.4. The van der Waals surface area contributed by atoms with Crippen molar-refractivity contribution in [2.75, 3.05) is 18.5 Å². The van der Waals surface area contributed by atoms with E-state index in [4.69, 9.17) is 9.84 Å². The Morgan fingerprint density at radius 2 is 2.00 bits per heavy atom. The molecule has 1 unspecified atom stereocenters. The van der Waals surface area contributed by atoms with Crippen molar-refractivity contribution in [2.24, 2.45) is 0 Å². The Hall–Kier alpha value is -2.24. The molecule has 0 bridgehead atoms. The Bertz CT molecular complexity index is 1160. The molecule has 6 nitrogen and oxygen atoms in total. The van der Waals surface area contributed by atoms with Crippen molar-refractivity contribution in [3.8, 4) is 5.75 Å². The number of rotatable bonds is 7. The lowest BCUT2D eigenvalue weighted by Gasteiger charge is -2.17.